The lowest BCUT2D eigenvalue weighted by Gasteiger charge is -2.27. The molecule has 1 N–H and O–H groups in total. The predicted octanol–water partition coefficient (Wildman–Crippen LogP) is 13.6. The van der Waals surface area contributed by atoms with Crippen molar-refractivity contribution in [2.24, 2.45) is 0 Å². The van der Waals surface area contributed by atoms with Crippen molar-refractivity contribution in [3.63, 3.8) is 0 Å². The summed E-state index contributed by atoms with van der Waals surface area (Å²) >= 11 is 0. The molecule has 0 saturated carbocycles. The molecule has 8 aromatic carbocycles. The van der Waals surface area contributed by atoms with E-state index in [0.717, 1.165) is 39.1 Å². The minimum absolute atomic E-state index is 0.000729. The van der Waals surface area contributed by atoms with Crippen LogP contribution in [-0.2, 0) is 6.61 Å². The average Bonchev–Trinajstić information content (AvgIpc) is 3.24. The minimum Gasteiger partial charge on any atom is -0.392 e. The molecule has 0 fully saturated rings. The Hall–Kier alpha value is -6.74. The highest BCUT2D eigenvalue weighted by Gasteiger charge is 2.18. The van der Waals surface area contributed by atoms with Gasteiger partial charge in [-0.25, -0.2) is 0 Å². The van der Waals surface area contributed by atoms with Crippen molar-refractivity contribution in [1.29, 1.82) is 0 Å². The van der Waals surface area contributed by atoms with Gasteiger partial charge in [0.2, 0.25) is 0 Å². The number of rotatable bonds is 10. The molecule has 0 saturated heterocycles. The topological polar surface area (TPSA) is 23.5 Å². The van der Waals surface area contributed by atoms with Gasteiger partial charge in [-0.2, -0.15) is 0 Å². The molecule has 266 valence electrons. The summed E-state index contributed by atoms with van der Waals surface area (Å²) in [6, 6.07) is 68.9. The first-order chi connectivity index (χ1) is 27.0. The van der Waals surface area contributed by atoms with Gasteiger partial charge in [-0.3, -0.25) is 0 Å². The molecule has 0 aliphatic rings. The molecule has 8 rings (SSSR count). The first-order valence-electron chi connectivity index (χ1n) is 18.8. The fourth-order valence-corrected chi connectivity index (χ4v) is 7.22. The Morgan fingerprint density at radius 1 is 0.436 bits per heavy atom. The van der Waals surface area contributed by atoms with E-state index in [-0.39, 0.29) is 6.61 Å². The number of aliphatic hydroxyl groups excluding tert-OH is 1. The predicted molar refractivity (Wildman–Crippen MR) is 234 cm³/mol. The molecule has 0 spiro atoms. The fourth-order valence-electron chi connectivity index (χ4n) is 7.22. The fraction of sp³-hybridized carbons (Fsp3) is 0.0566. The zero-order valence-corrected chi connectivity index (χ0v) is 31.2. The Kier molecular flexibility index (Phi) is 10.3. The largest absolute Gasteiger partial charge is 0.392 e. The first kappa shape index (κ1) is 35.3. The number of benzene rings is 8. The summed E-state index contributed by atoms with van der Waals surface area (Å²) in [5, 5.41) is 12.2. The second kappa shape index (κ2) is 16.1. The normalized spacial score (nSPS) is 10.9. The van der Waals surface area contributed by atoms with Crippen molar-refractivity contribution in [3.8, 4) is 0 Å². The van der Waals surface area contributed by atoms with Gasteiger partial charge in [0.1, 0.15) is 0 Å². The molecule has 0 unspecified atom stereocenters. The van der Waals surface area contributed by atoms with E-state index in [9.17, 15) is 5.11 Å². The standard InChI is InChI=1S/C53H43NO/c1-38-17-25-44(26-18-38)52(45-27-19-39(2)20-28-45)36-46-29-34-53(50-16-10-9-15-49(46)50)54(48-32-23-41(37-55)24-33-48)47-30-21-40(22-31-47)35-51(42-11-5-3-6-12-42)43-13-7-4-8-14-43/h3-36,55H,37H2,1-2H3. The number of hydrogen-bond acceptors (Lipinski definition) is 2. The zero-order valence-electron chi connectivity index (χ0n) is 31.2. The van der Waals surface area contributed by atoms with Crippen LogP contribution in [0, 0.1) is 13.8 Å². The first-order valence-corrected chi connectivity index (χ1v) is 18.8. The van der Waals surface area contributed by atoms with Gasteiger partial charge in [0.05, 0.1) is 12.3 Å². The summed E-state index contributed by atoms with van der Waals surface area (Å²) in [5.74, 6) is 0. The van der Waals surface area contributed by atoms with Gasteiger partial charge in [-0.1, -0.05) is 175 Å². The van der Waals surface area contributed by atoms with E-state index in [1.54, 1.807) is 0 Å². The molecular formula is C53H43NO. The molecule has 55 heavy (non-hydrogen) atoms. The van der Waals surface area contributed by atoms with Crippen molar-refractivity contribution in [3.05, 3.63) is 244 Å². The number of nitrogens with zero attached hydrogens (tertiary/aromatic N) is 1. The number of anilines is 3. The van der Waals surface area contributed by atoms with Crippen LogP contribution in [0.1, 0.15) is 50.1 Å². The average molecular weight is 710 g/mol. The lowest BCUT2D eigenvalue weighted by Crippen LogP contribution is -2.11. The van der Waals surface area contributed by atoms with Gasteiger partial charge in [0.25, 0.3) is 0 Å². The van der Waals surface area contributed by atoms with Crippen molar-refractivity contribution in [2.45, 2.75) is 20.5 Å². The van der Waals surface area contributed by atoms with Crippen LogP contribution in [-0.4, -0.2) is 5.11 Å². The summed E-state index contributed by atoms with van der Waals surface area (Å²) in [6.45, 7) is 4.26. The highest BCUT2D eigenvalue weighted by molar-refractivity contribution is 6.06. The van der Waals surface area contributed by atoms with E-state index in [1.807, 2.05) is 12.1 Å². The van der Waals surface area contributed by atoms with Crippen LogP contribution in [0.3, 0.4) is 0 Å². The smallest absolute Gasteiger partial charge is 0.0681 e. The van der Waals surface area contributed by atoms with Crippen LogP contribution < -0.4 is 4.90 Å². The van der Waals surface area contributed by atoms with Crippen molar-refractivity contribution in [2.75, 3.05) is 4.90 Å². The Morgan fingerprint density at radius 3 is 1.42 bits per heavy atom. The van der Waals surface area contributed by atoms with Gasteiger partial charge < -0.3 is 10.0 Å². The Bertz CT molecular complexity index is 2490. The third-order valence-electron chi connectivity index (χ3n) is 10.2. The summed E-state index contributed by atoms with van der Waals surface area (Å²) in [4.78, 5) is 2.32. The van der Waals surface area contributed by atoms with E-state index >= 15 is 0 Å². The summed E-state index contributed by atoms with van der Waals surface area (Å²) in [7, 11) is 0. The van der Waals surface area contributed by atoms with Crippen molar-refractivity contribution in [1.82, 2.24) is 0 Å². The van der Waals surface area contributed by atoms with Crippen LogP contribution >= 0.6 is 0 Å². The molecule has 0 aliphatic carbocycles. The van der Waals surface area contributed by atoms with Gasteiger partial charge in [-0.15, -0.1) is 0 Å². The maximum atomic E-state index is 9.88. The molecule has 0 bridgehead atoms. The second-order valence-electron chi connectivity index (χ2n) is 14.1. The minimum atomic E-state index is 0.000729. The summed E-state index contributed by atoms with van der Waals surface area (Å²) < 4.78 is 0. The lowest BCUT2D eigenvalue weighted by atomic mass is 9.92. The number of aliphatic hydroxyl groups is 1. The van der Waals surface area contributed by atoms with Crippen LogP contribution in [0.5, 0.6) is 0 Å². The van der Waals surface area contributed by atoms with E-state index in [4.69, 9.17) is 0 Å². The van der Waals surface area contributed by atoms with E-state index < -0.39 is 0 Å². The van der Waals surface area contributed by atoms with E-state index in [2.05, 4.69) is 213 Å². The highest BCUT2D eigenvalue weighted by atomic mass is 16.3. The van der Waals surface area contributed by atoms with Gasteiger partial charge >= 0.3 is 0 Å². The van der Waals surface area contributed by atoms with E-state index in [1.165, 1.54) is 49.9 Å². The van der Waals surface area contributed by atoms with Crippen LogP contribution in [0.15, 0.2) is 194 Å². The summed E-state index contributed by atoms with van der Waals surface area (Å²) in [5.41, 5.74) is 15.9. The zero-order chi connectivity index (χ0) is 37.6. The van der Waals surface area contributed by atoms with Gasteiger partial charge in [-0.05, 0) is 112 Å². The molecule has 0 amide bonds. The maximum Gasteiger partial charge on any atom is 0.0681 e. The number of fused-ring (bicyclic) bond motifs is 1. The number of hydrogen-bond donors (Lipinski definition) is 1. The molecule has 0 aliphatic heterocycles. The molecule has 2 nitrogen and oxygen atoms in total. The second-order valence-corrected chi connectivity index (χ2v) is 14.1. The Labute approximate surface area is 324 Å². The molecule has 0 aromatic heterocycles. The molecule has 8 aromatic rings. The Balaban J connectivity index is 1.25. The van der Waals surface area contributed by atoms with Crippen molar-refractivity contribution >= 4 is 51.1 Å². The van der Waals surface area contributed by atoms with Crippen molar-refractivity contribution < 1.29 is 5.11 Å². The van der Waals surface area contributed by atoms with Crippen LogP contribution in [0.25, 0.3) is 34.1 Å². The highest BCUT2D eigenvalue weighted by Crippen LogP contribution is 2.41. The SMILES string of the molecule is Cc1ccc(C(=Cc2ccc(N(c3ccc(C=C(c4ccccc4)c4ccccc4)cc3)c3ccc(CO)cc3)c3ccccc23)c2ccc(C)cc2)cc1. The monoisotopic (exact) mass is 709 g/mol. The third kappa shape index (κ3) is 7.82. The molecular weight excluding hydrogens is 667 g/mol. The molecule has 0 heterocycles. The van der Waals surface area contributed by atoms with E-state index in [0.29, 0.717) is 0 Å². The maximum absolute atomic E-state index is 9.88. The van der Waals surface area contributed by atoms with Crippen LogP contribution in [0.4, 0.5) is 17.1 Å². The van der Waals surface area contributed by atoms with Gasteiger partial charge in [0, 0.05) is 16.8 Å². The Morgan fingerprint density at radius 2 is 0.891 bits per heavy atom. The quantitative estimate of drug-likeness (QED) is 0.143. The van der Waals surface area contributed by atoms with Gasteiger partial charge in [0.15, 0.2) is 0 Å². The number of aryl methyl sites for hydroxylation is 2. The molecule has 2 heteroatoms. The lowest BCUT2D eigenvalue weighted by molar-refractivity contribution is 0.282. The third-order valence-corrected chi connectivity index (χ3v) is 10.2. The van der Waals surface area contributed by atoms with Crippen LogP contribution in [0.2, 0.25) is 0 Å². The summed E-state index contributed by atoms with van der Waals surface area (Å²) in [6.07, 6.45) is 4.60. The molecule has 0 atom stereocenters. The molecule has 0 radical (unpaired) electrons.